The van der Waals surface area contributed by atoms with Gasteiger partial charge in [0.15, 0.2) is 17.3 Å². The molecule has 0 unspecified atom stereocenters. The van der Waals surface area contributed by atoms with E-state index >= 15 is 0 Å². The summed E-state index contributed by atoms with van der Waals surface area (Å²) in [5.41, 5.74) is 3.08. The van der Waals surface area contributed by atoms with Crippen LogP contribution in [0, 0.1) is 13.8 Å². The third kappa shape index (κ3) is 3.48. The van der Waals surface area contributed by atoms with Gasteiger partial charge in [-0.05, 0) is 12.5 Å². The second-order valence-corrected chi connectivity index (χ2v) is 5.34. The lowest BCUT2D eigenvalue weighted by molar-refractivity contribution is 0.0467. The summed E-state index contributed by atoms with van der Waals surface area (Å²) in [4.78, 5) is 16.5. The van der Waals surface area contributed by atoms with E-state index in [2.05, 4.69) is 4.98 Å². The largest absolute Gasteiger partial charge is 0.456 e. The lowest BCUT2D eigenvalue weighted by Gasteiger charge is -2.04. The number of benzene rings is 2. The van der Waals surface area contributed by atoms with Gasteiger partial charge in [-0.15, -0.1) is 0 Å². The molecule has 3 rings (SSSR count). The van der Waals surface area contributed by atoms with Gasteiger partial charge < -0.3 is 9.15 Å². The van der Waals surface area contributed by atoms with Crippen molar-refractivity contribution >= 4 is 5.97 Å². The Morgan fingerprint density at radius 2 is 1.74 bits per heavy atom. The van der Waals surface area contributed by atoms with E-state index < -0.39 is 5.97 Å². The van der Waals surface area contributed by atoms with Gasteiger partial charge in [0.2, 0.25) is 0 Å². The van der Waals surface area contributed by atoms with Crippen LogP contribution in [0.25, 0.3) is 11.3 Å². The lowest BCUT2D eigenvalue weighted by Crippen LogP contribution is -2.07. The van der Waals surface area contributed by atoms with Crippen LogP contribution >= 0.6 is 0 Å². The fraction of sp³-hybridized carbons (Fsp3) is 0.158. The van der Waals surface area contributed by atoms with Crippen molar-refractivity contribution in [3.8, 4) is 11.3 Å². The average Bonchev–Trinajstić information content (AvgIpc) is 2.96. The first-order valence-corrected chi connectivity index (χ1v) is 7.39. The summed E-state index contributed by atoms with van der Waals surface area (Å²) in [6, 6.07) is 17.3. The van der Waals surface area contributed by atoms with Crippen LogP contribution in [-0.2, 0) is 11.3 Å². The number of hydrogen-bond acceptors (Lipinski definition) is 4. The van der Waals surface area contributed by atoms with Crippen LogP contribution in [0.3, 0.4) is 0 Å². The van der Waals surface area contributed by atoms with Crippen molar-refractivity contribution in [1.82, 2.24) is 4.98 Å². The number of esters is 1. The highest BCUT2D eigenvalue weighted by molar-refractivity contribution is 5.93. The molecule has 0 saturated carbocycles. The average molecular weight is 307 g/mol. The zero-order valence-corrected chi connectivity index (χ0v) is 13.1. The predicted molar refractivity (Wildman–Crippen MR) is 87.0 cm³/mol. The smallest absolute Gasteiger partial charge is 0.361 e. The normalized spacial score (nSPS) is 10.5. The number of aryl methyl sites for hydroxylation is 2. The van der Waals surface area contributed by atoms with Crippen molar-refractivity contribution in [2.75, 3.05) is 0 Å². The fourth-order valence-corrected chi connectivity index (χ4v) is 2.26. The van der Waals surface area contributed by atoms with Gasteiger partial charge in [-0.25, -0.2) is 9.78 Å². The van der Waals surface area contributed by atoms with Crippen molar-refractivity contribution in [2.24, 2.45) is 0 Å². The first-order chi connectivity index (χ1) is 11.1. The first kappa shape index (κ1) is 15.0. The van der Waals surface area contributed by atoms with Crippen molar-refractivity contribution in [2.45, 2.75) is 20.5 Å². The molecule has 1 heterocycles. The summed E-state index contributed by atoms with van der Waals surface area (Å²) in [6.45, 7) is 3.93. The fourth-order valence-electron chi connectivity index (χ4n) is 2.26. The van der Waals surface area contributed by atoms with Gasteiger partial charge >= 0.3 is 5.97 Å². The molecule has 0 saturated heterocycles. The number of oxazole rings is 1. The molecular weight excluding hydrogens is 290 g/mol. The number of aromatic nitrogens is 1. The molecule has 0 aliphatic rings. The molecule has 0 spiro atoms. The molecule has 0 bridgehead atoms. The topological polar surface area (TPSA) is 52.3 Å². The Labute approximate surface area is 134 Å². The van der Waals surface area contributed by atoms with Crippen LogP contribution < -0.4 is 0 Å². The summed E-state index contributed by atoms with van der Waals surface area (Å²) in [5, 5.41) is 0. The standard InChI is InChI=1S/C19H17NO3/c1-13-8-10-16(11-9-13)18-17(20-14(2)23-18)19(21)22-12-15-6-4-3-5-7-15/h3-11H,12H2,1-2H3. The summed E-state index contributed by atoms with van der Waals surface area (Å²) in [7, 11) is 0. The Bertz CT molecular complexity index is 804. The van der Waals surface area contributed by atoms with Gasteiger partial charge in [-0.1, -0.05) is 60.2 Å². The molecule has 0 aliphatic heterocycles. The molecule has 4 heteroatoms. The van der Waals surface area contributed by atoms with Crippen LogP contribution in [0.2, 0.25) is 0 Å². The number of nitrogens with zero attached hydrogens (tertiary/aromatic N) is 1. The van der Waals surface area contributed by atoms with Gasteiger partial charge in [0.1, 0.15) is 6.61 Å². The summed E-state index contributed by atoms with van der Waals surface area (Å²) < 4.78 is 11.0. The molecule has 23 heavy (non-hydrogen) atoms. The minimum Gasteiger partial charge on any atom is -0.456 e. The Hall–Kier alpha value is -2.88. The molecule has 0 N–H and O–H groups in total. The predicted octanol–water partition coefficient (Wildman–Crippen LogP) is 4.32. The van der Waals surface area contributed by atoms with Crippen LogP contribution in [0.15, 0.2) is 59.0 Å². The van der Waals surface area contributed by atoms with Gasteiger partial charge in [0.05, 0.1) is 0 Å². The zero-order valence-electron chi connectivity index (χ0n) is 13.1. The number of rotatable bonds is 4. The van der Waals surface area contributed by atoms with E-state index in [0.717, 1.165) is 16.7 Å². The van der Waals surface area contributed by atoms with Crippen LogP contribution in [0.5, 0.6) is 0 Å². The van der Waals surface area contributed by atoms with E-state index in [1.807, 2.05) is 61.5 Å². The van der Waals surface area contributed by atoms with E-state index in [0.29, 0.717) is 11.7 Å². The molecule has 0 radical (unpaired) electrons. The maximum absolute atomic E-state index is 12.3. The van der Waals surface area contributed by atoms with Crippen molar-refractivity contribution in [1.29, 1.82) is 0 Å². The second-order valence-electron chi connectivity index (χ2n) is 5.34. The minimum absolute atomic E-state index is 0.207. The third-order valence-electron chi connectivity index (χ3n) is 3.45. The van der Waals surface area contributed by atoms with Gasteiger partial charge in [0.25, 0.3) is 0 Å². The van der Waals surface area contributed by atoms with E-state index in [1.54, 1.807) is 6.92 Å². The Morgan fingerprint density at radius 1 is 1.04 bits per heavy atom. The monoisotopic (exact) mass is 307 g/mol. The number of hydrogen-bond donors (Lipinski definition) is 0. The highest BCUT2D eigenvalue weighted by Gasteiger charge is 2.21. The minimum atomic E-state index is -0.485. The van der Waals surface area contributed by atoms with E-state index in [4.69, 9.17) is 9.15 Å². The summed E-state index contributed by atoms with van der Waals surface area (Å²) in [5.74, 6) is 0.397. The number of carbonyl (C=O) groups excluding carboxylic acids is 1. The Morgan fingerprint density at radius 3 is 2.43 bits per heavy atom. The Balaban J connectivity index is 1.82. The maximum Gasteiger partial charge on any atom is 0.361 e. The molecule has 0 aliphatic carbocycles. The molecule has 3 aromatic rings. The molecular formula is C19H17NO3. The van der Waals surface area contributed by atoms with E-state index in [1.165, 1.54) is 0 Å². The lowest BCUT2D eigenvalue weighted by atomic mass is 10.1. The quantitative estimate of drug-likeness (QED) is 0.674. The zero-order chi connectivity index (χ0) is 16.2. The molecule has 2 aromatic carbocycles. The van der Waals surface area contributed by atoms with Crippen LogP contribution in [0.1, 0.15) is 27.5 Å². The number of carbonyl (C=O) groups is 1. The van der Waals surface area contributed by atoms with Crippen LogP contribution in [0.4, 0.5) is 0 Å². The van der Waals surface area contributed by atoms with Crippen molar-refractivity contribution in [3.63, 3.8) is 0 Å². The van der Waals surface area contributed by atoms with E-state index in [-0.39, 0.29) is 12.3 Å². The van der Waals surface area contributed by atoms with Crippen molar-refractivity contribution in [3.05, 3.63) is 77.3 Å². The van der Waals surface area contributed by atoms with Crippen LogP contribution in [-0.4, -0.2) is 11.0 Å². The number of ether oxygens (including phenoxy) is 1. The SMILES string of the molecule is Cc1ccc(-c2oc(C)nc2C(=O)OCc2ccccc2)cc1. The highest BCUT2D eigenvalue weighted by atomic mass is 16.5. The van der Waals surface area contributed by atoms with Gasteiger partial charge in [0, 0.05) is 12.5 Å². The van der Waals surface area contributed by atoms with Crippen molar-refractivity contribution < 1.29 is 13.9 Å². The Kier molecular flexibility index (Phi) is 4.24. The molecule has 4 nitrogen and oxygen atoms in total. The first-order valence-electron chi connectivity index (χ1n) is 7.39. The van der Waals surface area contributed by atoms with Gasteiger partial charge in [-0.2, -0.15) is 0 Å². The van der Waals surface area contributed by atoms with E-state index in [9.17, 15) is 4.79 Å². The molecule has 0 amide bonds. The van der Waals surface area contributed by atoms with Gasteiger partial charge in [-0.3, -0.25) is 0 Å². The third-order valence-corrected chi connectivity index (χ3v) is 3.45. The molecule has 0 fully saturated rings. The molecule has 0 atom stereocenters. The highest BCUT2D eigenvalue weighted by Crippen LogP contribution is 2.26. The molecule has 116 valence electrons. The summed E-state index contributed by atoms with van der Waals surface area (Å²) in [6.07, 6.45) is 0. The maximum atomic E-state index is 12.3. The second kappa shape index (κ2) is 6.48. The summed E-state index contributed by atoms with van der Waals surface area (Å²) >= 11 is 0. The molecule has 1 aromatic heterocycles.